The van der Waals surface area contributed by atoms with Crippen molar-refractivity contribution in [3.8, 4) is 5.75 Å². The molecule has 1 rings (SSSR count). The lowest BCUT2D eigenvalue weighted by molar-refractivity contribution is -0.145. The lowest BCUT2D eigenvalue weighted by Gasteiger charge is -2.26. The molecular formula is C19H30N2O4. The number of ether oxygens (including phenoxy) is 2. The van der Waals surface area contributed by atoms with E-state index in [9.17, 15) is 9.59 Å². The van der Waals surface area contributed by atoms with Crippen molar-refractivity contribution in [3.05, 3.63) is 29.8 Å². The van der Waals surface area contributed by atoms with Gasteiger partial charge in [-0.15, -0.1) is 0 Å². The molecule has 0 heterocycles. The first-order chi connectivity index (χ1) is 11.7. The Morgan fingerprint density at radius 2 is 1.64 bits per heavy atom. The van der Waals surface area contributed by atoms with Crippen LogP contribution in [0.1, 0.15) is 31.1 Å². The summed E-state index contributed by atoms with van der Waals surface area (Å²) in [5.74, 6) is -0.0639. The SMILES string of the molecule is COC(=O)C(C)CN(CCN(C)C)C(=O)c1ccc(OC(C)C)cc1. The number of methoxy groups -OCH3 is 1. The molecule has 1 amide bonds. The lowest BCUT2D eigenvalue weighted by atomic mass is 10.1. The number of rotatable bonds is 9. The highest BCUT2D eigenvalue weighted by molar-refractivity contribution is 5.94. The Bertz CT molecular complexity index is 555. The summed E-state index contributed by atoms with van der Waals surface area (Å²) in [5, 5.41) is 0. The molecule has 0 aliphatic carbocycles. The Balaban J connectivity index is 2.88. The van der Waals surface area contributed by atoms with Crippen molar-refractivity contribution in [1.29, 1.82) is 0 Å². The predicted molar refractivity (Wildman–Crippen MR) is 97.8 cm³/mol. The van der Waals surface area contributed by atoms with Crippen LogP contribution in [0.2, 0.25) is 0 Å². The molecule has 0 saturated carbocycles. The van der Waals surface area contributed by atoms with Gasteiger partial charge in [-0.25, -0.2) is 0 Å². The highest BCUT2D eigenvalue weighted by atomic mass is 16.5. The number of esters is 1. The van der Waals surface area contributed by atoms with E-state index in [2.05, 4.69) is 0 Å². The molecule has 0 radical (unpaired) electrons. The van der Waals surface area contributed by atoms with E-state index in [0.29, 0.717) is 25.2 Å². The average molecular weight is 350 g/mol. The van der Waals surface area contributed by atoms with Gasteiger partial charge < -0.3 is 19.3 Å². The van der Waals surface area contributed by atoms with Crippen LogP contribution < -0.4 is 4.74 Å². The Labute approximate surface area is 150 Å². The van der Waals surface area contributed by atoms with Crippen LogP contribution in [0.15, 0.2) is 24.3 Å². The summed E-state index contributed by atoms with van der Waals surface area (Å²) >= 11 is 0. The summed E-state index contributed by atoms with van der Waals surface area (Å²) in [4.78, 5) is 28.3. The van der Waals surface area contributed by atoms with Gasteiger partial charge in [-0.3, -0.25) is 9.59 Å². The van der Waals surface area contributed by atoms with Crippen molar-refractivity contribution in [2.24, 2.45) is 5.92 Å². The zero-order chi connectivity index (χ0) is 19.0. The smallest absolute Gasteiger partial charge is 0.310 e. The van der Waals surface area contributed by atoms with Crippen LogP contribution in [0.5, 0.6) is 5.75 Å². The quantitative estimate of drug-likeness (QED) is 0.640. The van der Waals surface area contributed by atoms with Gasteiger partial charge in [0.15, 0.2) is 0 Å². The van der Waals surface area contributed by atoms with E-state index in [1.165, 1.54) is 7.11 Å². The topological polar surface area (TPSA) is 59.1 Å². The molecule has 0 N–H and O–H groups in total. The van der Waals surface area contributed by atoms with E-state index in [1.54, 1.807) is 36.1 Å². The Morgan fingerprint density at radius 1 is 1.04 bits per heavy atom. The van der Waals surface area contributed by atoms with Gasteiger partial charge in [-0.1, -0.05) is 6.92 Å². The minimum atomic E-state index is -0.375. The van der Waals surface area contributed by atoms with E-state index < -0.39 is 0 Å². The van der Waals surface area contributed by atoms with E-state index >= 15 is 0 Å². The number of likely N-dealkylation sites (N-methyl/N-ethyl adjacent to an activating group) is 1. The van der Waals surface area contributed by atoms with Crippen LogP contribution in [0.4, 0.5) is 0 Å². The van der Waals surface area contributed by atoms with E-state index in [4.69, 9.17) is 9.47 Å². The molecule has 0 fully saturated rings. The number of hydrogen-bond donors (Lipinski definition) is 0. The summed E-state index contributed by atoms with van der Waals surface area (Å²) in [6.07, 6.45) is 0.0825. The number of nitrogens with zero attached hydrogens (tertiary/aromatic N) is 2. The fraction of sp³-hybridized carbons (Fsp3) is 0.579. The normalized spacial score (nSPS) is 12.2. The van der Waals surface area contributed by atoms with Crippen molar-refractivity contribution in [1.82, 2.24) is 9.80 Å². The summed E-state index contributed by atoms with van der Waals surface area (Å²) in [7, 11) is 5.26. The molecule has 6 nitrogen and oxygen atoms in total. The molecule has 1 atom stereocenters. The first-order valence-corrected chi connectivity index (χ1v) is 8.53. The first kappa shape index (κ1) is 21.0. The van der Waals surface area contributed by atoms with Crippen LogP contribution >= 0.6 is 0 Å². The number of benzene rings is 1. The highest BCUT2D eigenvalue weighted by Gasteiger charge is 2.22. The fourth-order valence-electron chi connectivity index (χ4n) is 2.33. The lowest BCUT2D eigenvalue weighted by Crippen LogP contribution is -2.41. The number of amides is 1. The van der Waals surface area contributed by atoms with Crippen molar-refractivity contribution < 1.29 is 19.1 Å². The van der Waals surface area contributed by atoms with Crippen LogP contribution in [-0.2, 0) is 9.53 Å². The Hall–Kier alpha value is -2.08. The van der Waals surface area contributed by atoms with Crippen molar-refractivity contribution in [3.63, 3.8) is 0 Å². The fourth-order valence-corrected chi connectivity index (χ4v) is 2.33. The molecule has 140 valence electrons. The predicted octanol–water partition coefficient (Wildman–Crippen LogP) is 2.29. The van der Waals surface area contributed by atoms with Gasteiger partial charge in [0.1, 0.15) is 5.75 Å². The molecule has 0 saturated heterocycles. The maximum atomic E-state index is 12.9. The average Bonchev–Trinajstić information content (AvgIpc) is 2.56. The molecule has 0 bridgehead atoms. The second kappa shape index (κ2) is 10.0. The van der Waals surface area contributed by atoms with Crippen LogP contribution in [0.25, 0.3) is 0 Å². The zero-order valence-corrected chi connectivity index (χ0v) is 16.1. The molecule has 25 heavy (non-hydrogen) atoms. The van der Waals surface area contributed by atoms with E-state index in [1.807, 2.05) is 32.8 Å². The Morgan fingerprint density at radius 3 is 2.12 bits per heavy atom. The largest absolute Gasteiger partial charge is 0.491 e. The molecule has 0 aliphatic rings. The minimum absolute atomic E-state index is 0.0825. The van der Waals surface area contributed by atoms with Crippen LogP contribution in [0, 0.1) is 5.92 Å². The van der Waals surface area contributed by atoms with E-state index in [0.717, 1.165) is 5.75 Å². The van der Waals surface area contributed by atoms with Gasteiger partial charge in [0.2, 0.25) is 0 Å². The second-order valence-electron chi connectivity index (χ2n) is 6.67. The van der Waals surface area contributed by atoms with E-state index in [-0.39, 0.29) is 23.9 Å². The first-order valence-electron chi connectivity index (χ1n) is 8.53. The monoisotopic (exact) mass is 350 g/mol. The molecule has 1 aromatic rings. The van der Waals surface area contributed by atoms with Gasteiger partial charge in [-0.2, -0.15) is 0 Å². The summed E-state index contributed by atoms with van der Waals surface area (Å²) < 4.78 is 10.4. The third-order valence-electron chi connectivity index (χ3n) is 3.68. The van der Waals surface area contributed by atoms with Crippen LogP contribution in [-0.4, -0.2) is 68.6 Å². The maximum Gasteiger partial charge on any atom is 0.310 e. The number of hydrogen-bond acceptors (Lipinski definition) is 5. The zero-order valence-electron chi connectivity index (χ0n) is 16.1. The van der Waals surface area contributed by atoms with Gasteiger partial charge >= 0.3 is 5.97 Å². The number of carbonyl (C=O) groups excluding carboxylic acids is 2. The summed E-state index contributed by atoms with van der Waals surface area (Å²) in [6, 6.07) is 7.10. The third-order valence-corrected chi connectivity index (χ3v) is 3.68. The molecule has 1 aromatic carbocycles. The highest BCUT2D eigenvalue weighted by Crippen LogP contribution is 2.16. The molecule has 1 unspecified atom stereocenters. The van der Waals surface area contributed by atoms with Crippen LogP contribution in [0.3, 0.4) is 0 Å². The maximum absolute atomic E-state index is 12.9. The minimum Gasteiger partial charge on any atom is -0.491 e. The van der Waals surface area contributed by atoms with Gasteiger partial charge in [0, 0.05) is 25.2 Å². The molecule has 0 aliphatic heterocycles. The second-order valence-corrected chi connectivity index (χ2v) is 6.67. The van der Waals surface area contributed by atoms with Crippen molar-refractivity contribution >= 4 is 11.9 Å². The van der Waals surface area contributed by atoms with Crippen molar-refractivity contribution in [2.45, 2.75) is 26.9 Å². The molecule has 0 aromatic heterocycles. The summed E-state index contributed by atoms with van der Waals surface area (Å²) in [5.41, 5.74) is 0.576. The van der Waals surface area contributed by atoms with Gasteiger partial charge in [0.25, 0.3) is 5.91 Å². The summed E-state index contributed by atoms with van der Waals surface area (Å²) in [6.45, 7) is 7.25. The standard InChI is InChI=1S/C19H30N2O4/c1-14(2)25-17-9-7-16(8-10-17)18(22)21(12-11-20(4)5)13-15(3)19(23)24-6/h7-10,14-15H,11-13H2,1-6H3. The van der Waals surface area contributed by atoms with Gasteiger partial charge in [0.05, 0.1) is 19.1 Å². The number of carbonyl (C=O) groups is 2. The molecular weight excluding hydrogens is 320 g/mol. The Kier molecular flexibility index (Phi) is 8.41. The molecule has 6 heteroatoms. The van der Waals surface area contributed by atoms with Gasteiger partial charge in [-0.05, 0) is 52.2 Å². The molecule has 0 spiro atoms. The third kappa shape index (κ3) is 7.13. The van der Waals surface area contributed by atoms with Crippen molar-refractivity contribution in [2.75, 3.05) is 40.8 Å².